The van der Waals surface area contributed by atoms with E-state index in [0.29, 0.717) is 24.9 Å². The summed E-state index contributed by atoms with van der Waals surface area (Å²) in [5, 5.41) is 9.76. The average Bonchev–Trinajstić information content (AvgIpc) is 2.81. The van der Waals surface area contributed by atoms with Crippen molar-refractivity contribution in [2.45, 2.75) is 6.42 Å². The highest BCUT2D eigenvalue weighted by molar-refractivity contribution is 6.28. The molecule has 2 rings (SSSR count). The second kappa shape index (κ2) is 5.58. The summed E-state index contributed by atoms with van der Waals surface area (Å²) in [4.78, 5) is 18.0. The van der Waals surface area contributed by atoms with Gasteiger partial charge in [-0.2, -0.15) is 20.1 Å². The molecule has 0 unspecified atom stereocenters. The van der Waals surface area contributed by atoms with Gasteiger partial charge in [0.1, 0.15) is 12.2 Å². The Labute approximate surface area is 109 Å². The van der Waals surface area contributed by atoms with Crippen molar-refractivity contribution in [3.8, 4) is 0 Å². The molecule has 0 fully saturated rings. The van der Waals surface area contributed by atoms with Crippen molar-refractivity contribution in [1.82, 2.24) is 30.1 Å². The van der Waals surface area contributed by atoms with Crippen LogP contribution in [-0.4, -0.2) is 50.8 Å². The number of hydrogen-bond acceptors (Lipinski definition) is 7. The first-order chi connectivity index (χ1) is 8.65. The Bertz CT molecular complexity index is 497. The van der Waals surface area contributed by atoms with Crippen LogP contribution in [0.5, 0.6) is 0 Å². The Morgan fingerprint density at radius 3 is 2.83 bits per heavy atom. The minimum atomic E-state index is 0.163. The number of aromatic amines is 1. The van der Waals surface area contributed by atoms with Crippen molar-refractivity contribution >= 4 is 23.5 Å². The second-order valence-electron chi connectivity index (χ2n) is 3.73. The van der Waals surface area contributed by atoms with Gasteiger partial charge in [-0.1, -0.05) is 0 Å². The summed E-state index contributed by atoms with van der Waals surface area (Å²) in [6, 6.07) is 0. The van der Waals surface area contributed by atoms with Crippen LogP contribution in [0.2, 0.25) is 5.28 Å². The molecule has 0 radical (unpaired) electrons. The summed E-state index contributed by atoms with van der Waals surface area (Å²) in [6.45, 7) is 0.627. The maximum absolute atomic E-state index is 5.82. The van der Waals surface area contributed by atoms with Crippen LogP contribution in [0.4, 0.5) is 11.9 Å². The van der Waals surface area contributed by atoms with Crippen LogP contribution >= 0.6 is 11.6 Å². The Morgan fingerprint density at radius 2 is 2.17 bits per heavy atom. The van der Waals surface area contributed by atoms with E-state index >= 15 is 0 Å². The van der Waals surface area contributed by atoms with Crippen LogP contribution in [0.25, 0.3) is 0 Å². The normalized spacial score (nSPS) is 10.4. The molecule has 8 nitrogen and oxygen atoms in total. The molecule has 0 aromatic carbocycles. The third kappa shape index (κ3) is 3.27. The van der Waals surface area contributed by atoms with Crippen LogP contribution in [-0.2, 0) is 6.42 Å². The van der Waals surface area contributed by atoms with Crippen molar-refractivity contribution < 1.29 is 0 Å². The number of aromatic nitrogens is 6. The highest BCUT2D eigenvalue weighted by Crippen LogP contribution is 2.11. The lowest BCUT2D eigenvalue weighted by Gasteiger charge is -2.11. The van der Waals surface area contributed by atoms with Gasteiger partial charge in [0.25, 0.3) is 0 Å². The lowest BCUT2D eigenvalue weighted by atomic mass is 10.4. The number of nitrogens with zero attached hydrogens (tertiary/aromatic N) is 6. The zero-order chi connectivity index (χ0) is 13.0. The average molecular weight is 269 g/mol. The molecule has 0 saturated heterocycles. The van der Waals surface area contributed by atoms with E-state index in [1.54, 1.807) is 4.90 Å². The maximum atomic E-state index is 5.82. The van der Waals surface area contributed by atoms with Gasteiger partial charge >= 0.3 is 0 Å². The molecule has 18 heavy (non-hydrogen) atoms. The first-order valence-corrected chi connectivity index (χ1v) is 5.70. The molecule has 0 aliphatic carbocycles. The lowest BCUT2D eigenvalue weighted by Crippen LogP contribution is -2.16. The fourth-order valence-corrected chi connectivity index (χ4v) is 1.42. The van der Waals surface area contributed by atoms with E-state index < -0.39 is 0 Å². The van der Waals surface area contributed by atoms with Gasteiger partial charge in [-0.3, -0.25) is 5.10 Å². The molecule has 0 aliphatic rings. The van der Waals surface area contributed by atoms with Crippen molar-refractivity contribution in [1.29, 1.82) is 0 Å². The summed E-state index contributed by atoms with van der Waals surface area (Å²) in [7, 11) is 3.67. The molecule has 0 bridgehead atoms. The largest absolute Gasteiger partial charge is 0.354 e. The van der Waals surface area contributed by atoms with E-state index in [4.69, 9.17) is 11.6 Å². The number of halogens is 1. The molecule has 0 spiro atoms. The molecule has 9 heteroatoms. The fraction of sp³-hybridized carbons (Fsp3) is 0.444. The number of rotatable bonds is 5. The second-order valence-corrected chi connectivity index (χ2v) is 4.07. The molecular formula is C9H13ClN8. The molecule has 2 heterocycles. The molecule has 2 N–H and O–H groups in total. The van der Waals surface area contributed by atoms with E-state index in [2.05, 4.69) is 35.5 Å². The van der Waals surface area contributed by atoms with Crippen LogP contribution in [0.1, 0.15) is 5.82 Å². The summed E-state index contributed by atoms with van der Waals surface area (Å²) in [6.07, 6.45) is 2.17. The highest BCUT2D eigenvalue weighted by Gasteiger charge is 2.06. The predicted molar refractivity (Wildman–Crippen MR) is 67.7 cm³/mol. The predicted octanol–water partition coefficient (Wildman–Crippen LogP) is 0.364. The molecule has 96 valence electrons. The quantitative estimate of drug-likeness (QED) is 0.808. The maximum Gasteiger partial charge on any atom is 0.230 e. The van der Waals surface area contributed by atoms with Crippen LogP contribution in [0, 0.1) is 0 Å². The van der Waals surface area contributed by atoms with E-state index in [0.717, 1.165) is 5.82 Å². The minimum Gasteiger partial charge on any atom is -0.354 e. The molecule has 0 aliphatic heterocycles. The van der Waals surface area contributed by atoms with Crippen molar-refractivity contribution in [2.24, 2.45) is 0 Å². The molecule has 0 saturated carbocycles. The lowest BCUT2D eigenvalue weighted by molar-refractivity contribution is 0.880. The molecular weight excluding hydrogens is 256 g/mol. The smallest absolute Gasteiger partial charge is 0.230 e. The standard InChI is InChI=1S/C9H13ClN8/c1-18(2)9-15-7(10)14-8(16-9)11-4-3-6-12-5-13-17-6/h5H,3-4H2,1-2H3,(H,12,13,17)(H,11,14,15,16). The van der Waals surface area contributed by atoms with E-state index in [1.807, 2.05) is 14.1 Å². The summed E-state index contributed by atoms with van der Waals surface area (Å²) in [5.74, 6) is 1.76. The SMILES string of the molecule is CN(C)c1nc(Cl)nc(NCCc2ncn[nH]2)n1. The van der Waals surface area contributed by atoms with Crippen molar-refractivity contribution in [3.63, 3.8) is 0 Å². The third-order valence-electron chi connectivity index (χ3n) is 2.11. The molecule has 0 amide bonds. The topological polar surface area (TPSA) is 95.5 Å². The van der Waals surface area contributed by atoms with Crippen LogP contribution in [0.3, 0.4) is 0 Å². The van der Waals surface area contributed by atoms with Crippen molar-refractivity contribution in [2.75, 3.05) is 30.9 Å². The Hall–Kier alpha value is -1.96. The summed E-state index contributed by atoms with van der Waals surface area (Å²) in [5.41, 5.74) is 0. The zero-order valence-electron chi connectivity index (χ0n) is 10.1. The number of nitrogens with one attached hydrogen (secondary N) is 2. The van der Waals surface area contributed by atoms with Gasteiger partial charge in [-0.25, -0.2) is 4.98 Å². The molecule has 2 aromatic rings. The Balaban J connectivity index is 1.96. The van der Waals surface area contributed by atoms with Gasteiger partial charge < -0.3 is 10.2 Å². The van der Waals surface area contributed by atoms with E-state index in [9.17, 15) is 0 Å². The van der Waals surface area contributed by atoms with Gasteiger partial charge in [-0.15, -0.1) is 0 Å². The summed E-state index contributed by atoms with van der Waals surface area (Å²) >= 11 is 5.82. The number of H-pyrrole nitrogens is 1. The zero-order valence-corrected chi connectivity index (χ0v) is 10.8. The summed E-state index contributed by atoms with van der Waals surface area (Å²) < 4.78 is 0. The monoisotopic (exact) mass is 268 g/mol. The fourth-order valence-electron chi connectivity index (χ4n) is 1.26. The molecule has 2 aromatic heterocycles. The van der Waals surface area contributed by atoms with Crippen LogP contribution in [0.15, 0.2) is 6.33 Å². The van der Waals surface area contributed by atoms with E-state index in [-0.39, 0.29) is 5.28 Å². The molecule has 0 atom stereocenters. The number of anilines is 2. The van der Waals surface area contributed by atoms with Gasteiger partial charge in [0.05, 0.1) is 0 Å². The van der Waals surface area contributed by atoms with Crippen molar-refractivity contribution in [3.05, 3.63) is 17.4 Å². The van der Waals surface area contributed by atoms with Gasteiger partial charge in [0, 0.05) is 27.1 Å². The van der Waals surface area contributed by atoms with Gasteiger partial charge in [0.15, 0.2) is 0 Å². The van der Waals surface area contributed by atoms with E-state index in [1.165, 1.54) is 6.33 Å². The van der Waals surface area contributed by atoms with Gasteiger partial charge in [0.2, 0.25) is 17.2 Å². The Kier molecular flexibility index (Phi) is 3.88. The highest BCUT2D eigenvalue weighted by atomic mass is 35.5. The first kappa shape index (κ1) is 12.5. The first-order valence-electron chi connectivity index (χ1n) is 5.32. The van der Waals surface area contributed by atoms with Gasteiger partial charge in [-0.05, 0) is 11.6 Å². The Morgan fingerprint density at radius 1 is 1.33 bits per heavy atom. The van der Waals surface area contributed by atoms with Crippen LogP contribution < -0.4 is 10.2 Å². The number of hydrogen-bond donors (Lipinski definition) is 2. The third-order valence-corrected chi connectivity index (χ3v) is 2.28. The minimum absolute atomic E-state index is 0.163.